The highest BCUT2D eigenvalue weighted by Crippen LogP contribution is 2.29. The summed E-state index contributed by atoms with van der Waals surface area (Å²) in [6, 6.07) is 15.7. The van der Waals surface area contributed by atoms with E-state index in [1.54, 1.807) is 28.8 Å². The average Bonchev–Trinajstić information content (AvgIpc) is 3.04. The zero-order chi connectivity index (χ0) is 20.3. The number of pyridine rings is 1. The largest absolute Gasteiger partial charge is 0.298 e. The van der Waals surface area contributed by atoms with Crippen molar-refractivity contribution in [1.82, 2.24) is 14.2 Å². The molecule has 1 aromatic carbocycles. The van der Waals surface area contributed by atoms with Crippen LogP contribution in [0.25, 0.3) is 11.1 Å². The average molecular weight is 448 g/mol. The van der Waals surface area contributed by atoms with Crippen molar-refractivity contribution < 1.29 is 8.42 Å². The first-order valence-electron chi connectivity index (χ1n) is 9.49. The van der Waals surface area contributed by atoms with E-state index in [2.05, 4.69) is 34.1 Å². The minimum Gasteiger partial charge on any atom is -0.298 e. The van der Waals surface area contributed by atoms with Crippen LogP contribution in [-0.4, -0.2) is 48.8 Å². The highest BCUT2D eigenvalue weighted by Gasteiger charge is 2.28. The molecule has 1 aliphatic heterocycles. The highest BCUT2D eigenvalue weighted by atomic mass is 35.5. The Morgan fingerprint density at radius 3 is 2.55 bits per heavy atom. The summed E-state index contributed by atoms with van der Waals surface area (Å²) in [6.07, 6.45) is 4.40. The SMILES string of the molecule is O=S(=O)(c1ccc(Cl)s1)N1CCCN(Cc2cccc(-c3ccncc3)c2)CC1. The van der Waals surface area contributed by atoms with Gasteiger partial charge in [-0.3, -0.25) is 9.88 Å². The maximum absolute atomic E-state index is 12.9. The molecule has 29 heavy (non-hydrogen) atoms. The third-order valence-electron chi connectivity index (χ3n) is 5.04. The van der Waals surface area contributed by atoms with Gasteiger partial charge in [0.05, 0.1) is 4.34 Å². The van der Waals surface area contributed by atoms with Gasteiger partial charge in [0.2, 0.25) is 0 Å². The van der Waals surface area contributed by atoms with Crippen LogP contribution in [0.4, 0.5) is 0 Å². The first-order valence-corrected chi connectivity index (χ1v) is 12.1. The van der Waals surface area contributed by atoms with Crippen LogP contribution < -0.4 is 0 Å². The summed E-state index contributed by atoms with van der Waals surface area (Å²) in [7, 11) is -3.47. The lowest BCUT2D eigenvalue weighted by atomic mass is 10.0. The van der Waals surface area contributed by atoms with Crippen molar-refractivity contribution in [3.63, 3.8) is 0 Å². The Balaban J connectivity index is 1.43. The van der Waals surface area contributed by atoms with Crippen LogP contribution >= 0.6 is 22.9 Å². The second-order valence-corrected chi connectivity index (χ2v) is 10.9. The van der Waals surface area contributed by atoms with Crippen molar-refractivity contribution in [2.45, 2.75) is 17.2 Å². The molecule has 4 rings (SSSR count). The number of halogens is 1. The summed E-state index contributed by atoms with van der Waals surface area (Å²) >= 11 is 7.05. The second kappa shape index (κ2) is 8.93. The van der Waals surface area contributed by atoms with E-state index >= 15 is 0 Å². The Morgan fingerprint density at radius 1 is 0.966 bits per heavy atom. The van der Waals surface area contributed by atoms with Crippen LogP contribution in [0, 0.1) is 0 Å². The fraction of sp³-hybridized carbons (Fsp3) is 0.286. The van der Waals surface area contributed by atoms with Gasteiger partial charge in [0.15, 0.2) is 0 Å². The molecule has 3 aromatic rings. The maximum Gasteiger partial charge on any atom is 0.252 e. The standard InChI is InChI=1S/C21H22ClN3O2S2/c22-20-5-6-21(28-20)29(26,27)25-12-2-11-24(13-14-25)16-17-3-1-4-19(15-17)18-7-9-23-10-8-18/h1,3-10,15H,2,11-14,16H2. The van der Waals surface area contributed by atoms with Gasteiger partial charge in [-0.05, 0) is 60.0 Å². The number of hydrogen-bond acceptors (Lipinski definition) is 5. The molecule has 0 N–H and O–H groups in total. The van der Waals surface area contributed by atoms with E-state index in [4.69, 9.17) is 11.6 Å². The van der Waals surface area contributed by atoms with E-state index in [0.717, 1.165) is 36.4 Å². The van der Waals surface area contributed by atoms with Crippen LogP contribution in [0.3, 0.4) is 0 Å². The molecule has 1 saturated heterocycles. The van der Waals surface area contributed by atoms with Crippen molar-refractivity contribution in [2.24, 2.45) is 0 Å². The smallest absolute Gasteiger partial charge is 0.252 e. The van der Waals surface area contributed by atoms with Crippen molar-refractivity contribution in [3.05, 3.63) is 70.8 Å². The number of nitrogens with zero attached hydrogens (tertiary/aromatic N) is 3. The molecule has 0 unspecified atom stereocenters. The van der Waals surface area contributed by atoms with Crippen molar-refractivity contribution in [2.75, 3.05) is 26.2 Å². The van der Waals surface area contributed by atoms with Crippen molar-refractivity contribution in [1.29, 1.82) is 0 Å². The van der Waals surface area contributed by atoms with Crippen LogP contribution in [0.1, 0.15) is 12.0 Å². The number of rotatable bonds is 5. The van der Waals surface area contributed by atoms with Crippen molar-refractivity contribution in [3.8, 4) is 11.1 Å². The first-order chi connectivity index (χ1) is 14.0. The molecule has 0 spiro atoms. The number of aromatic nitrogens is 1. The van der Waals surface area contributed by atoms with Gasteiger partial charge in [-0.15, -0.1) is 11.3 Å². The van der Waals surface area contributed by atoms with Gasteiger partial charge in [-0.25, -0.2) is 8.42 Å². The van der Waals surface area contributed by atoms with E-state index < -0.39 is 10.0 Å². The van der Waals surface area contributed by atoms with Gasteiger partial charge in [0.1, 0.15) is 4.21 Å². The number of hydrogen-bond donors (Lipinski definition) is 0. The minimum absolute atomic E-state index is 0.320. The van der Waals surface area contributed by atoms with Gasteiger partial charge in [-0.2, -0.15) is 4.31 Å². The van der Waals surface area contributed by atoms with Crippen LogP contribution in [0.5, 0.6) is 0 Å². The summed E-state index contributed by atoms with van der Waals surface area (Å²) in [5.41, 5.74) is 3.53. The topological polar surface area (TPSA) is 53.5 Å². The fourth-order valence-corrected chi connectivity index (χ4v) is 6.67. The Morgan fingerprint density at radius 2 is 1.79 bits per heavy atom. The summed E-state index contributed by atoms with van der Waals surface area (Å²) in [5, 5.41) is 0. The van der Waals surface area contributed by atoms with E-state index in [1.165, 1.54) is 11.1 Å². The number of benzene rings is 1. The predicted octanol–water partition coefficient (Wildman–Crippen LogP) is 4.36. The van der Waals surface area contributed by atoms with E-state index in [0.29, 0.717) is 28.2 Å². The summed E-state index contributed by atoms with van der Waals surface area (Å²) in [5.74, 6) is 0. The van der Waals surface area contributed by atoms with E-state index in [1.807, 2.05) is 12.1 Å². The Labute approximate surface area is 180 Å². The Hall–Kier alpha value is -1.77. The highest BCUT2D eigenvalue weighted by molar-refractivity contribution is 7.91. The third kappa shape index (κ3) is 4.87. The molecule has 0 radical (unpaired) electrons. The lowest BCUT2D eigenvalue weighted by molar-refractivity contribution is 0.279. The lowest BCUT2D eigenvalue weighted by Gasteiger charge is -2.21. The molecule has 5 nitrogen and oxygen atoms in total. The molecule has 0 saturated carbocycles. The summed E-state index contributed by atoms with van der Waals surface area (Å²) in [4.78, 5) is 6.40. The first kappa shape index (κ1) is 20.5. The monoisotopic (exact) mass is 447 g/mol. The summed E-state index contributed by atoms with van der Waals surface area (Å²) in [6.45, 7) is 3.40. The molecular formula is C21H22ClN3O2S2. The Bertz CT molecular complexity index is 1070. The molecule has 0 atom stereocenters. The fourth-order valence-electron chi connectivity index (χ4n) is 3.56. The molecule has 0 bridgehead atoms. The molecule has 2 aromatic heterocycles. The molecule has 3 heterocycles. The number of thiophene rings is 1. The van der Waals surface area contributed by atoms with Gasteiger partial charge < -0.3 is 0 Å². The van der Waals surface area contributed by atoms with E-state index in [-0.39, 0.29) is 0 Å². The summed E-state index contributed by atoms with van der Waals surface area (Å²) < 4.78 is 28.1. The normalized spacial score (nSPS) is 16.6. The predicted molar refractivity (Wildman–Crippen MR) is 118 cm³/mol. The lowest BCUT2D eigenvalue weighted by Crippen LogP contribution is -2.34. The minimum atomic E-state index is -3.47. The molecule has 1 aliphatic rings. The van der Waals surface area contributed by atoms with Gasteiger partial charge in [0, 0.05) is 38.6 Å². The van der Waals surface area contributed by atoms with Gasteiger partial charge in [0.25, 0.3) is 10.0 Å². The van der Waals surface area contributed by atoms with Crippen LogP contribution in [0.15, 0.2) is 65.1 Å². The molecule has 152 valence electrons. The molecule has 0 amide bonds. The van der Waals surface area contributed by atoms with Gasteiger partial charge >= 0.3 is 0 Å². The second-order valence-electron chi connectivity index (χ2n) is 7.03. The van der Waals surface area contributed by atoms with Crippen LogP contribution in [-0.2, 0) is 16.6 Å². The molecular weight excluding hydrogens is 426 g/mol. The zero-order valence-electron chi connectivity index (χ0n) is 15.9. The molecule has 8 heteroatoms. The molecule has 0 aliphatic carbocycles. The number of sulfonamides is 1. The van der Waals surface area contributed by atoms with Crippen LogP contribution in [0.2, 0.25) is 4.34 Å². The maximum atomic E-state index is 12.9. The van der Waals surface area contributed by atoms with Gasteiger partial charge in [-0.1, -0.05) is 29.8 Å². The molecule has 1 fully saturated rings. The van der Waals surface area contributed by atoms with E-state index in [9.17, 15) is 8.42 Å². The zero-order valence-corrected chi connectivity index (χ0v) is 18.3. The quantitative estimate of drug-likeness (QED) is 0.583. The third-order valence-corrected chi connectivity index (χ3v) is 8.63. The Kier molecular flexibility index (Phi) is 6.32. The van der Waals surface area contributed by atoms with Crippen molar-refractivity contribution >= 4 is 33.0 Å².